The van der Waals surface area contributed by atoms with Crippen molar-refractivity contribution < 1.29 is 9.53 Å². The van der Waals surface area contributed by atoms with Gasteiger partial charge in [-0.25, -0.2) is 9.97 Å². The van der Waals surface area contributed by atoms with Gasteiger partial charge < -0.3 is 15.0 Å². The highest BCUT2D eigenvalue weighted by atomic mass is 16.5. The summed E-state index contributed by atoms with van der Waals surface area (Å²) in [5.74, 6) is 2.01. The Labute approximate surface area is 148 Å². The number of benzene rings is 1. The minimum absolute atomic E-state index is 0.268. The van der Waals surface area contributed by atoms with E-state index in [1.165, 1.54) is 12.8 Å². The zero-order chi connectivity index (χ0) is 17.6. The molecule has 0 aliphatic carbocycles. The molecule has 0 bridgehead atoms. The van der Waals surface area contributed by atoms with Crippen molar-refractivity contribution in [2.45, 2.75) is 26.7 Å². The number of nitrogens with zero attached hydrogens (tertiary/aromatic N) is 3. The summed E-state index contributed by atoms with van der Waals surface area (Å²) in [4.78, 5) is 23.2. The van der Waals surface area contributed by atoms with Gasteiger partial charge in [0.15, 0.2) is 0 Å². The average molecular weight is 340 g/mol. The van der Waals surface area contributed by atoms with Gasteiger partial charge in [-0.2, -0.15) is 0 Å². The molecule has 1 fully saturated rings. The first-order chi connectivity index (χ1) is 12.2. The molecule has 0 saturated carbocycles. The standard InChI is InChI=1S/C19H24N4O2/c1-3-25-16-8-6-15(7-9-16)22-19(24)17-11-21-18(12-20-17)23-10-4-5-14(2)13-23/h6-9,11-12,14H,3-5,10,13H2,1-2H3,(H,22,24). The lowest BCUT2D eigenvalue weighted by Crippen LogP contribution is -2.35. The number of hydrogen-bond acceptors (Lipinski definition) is 5. The Morgan fingerprint density at radius 2 is 2.08 bits per heavy atom. The molecule has 1 aromatic heterocycles. The van der Waals surface area contributed by atoms with Gasteiger partial charge in [0, 0.05) is 18.8 Å². The van der Waals surface area contributed by atoms with Crippen molar-refractivity contribution in [2.75, 3.05) is 29.9 Å². The molecule has 132 valence electrons. The lowest BCUT2D eigenvalue weighted by atomic mass is 10.0. The number of hydrogen-bond donors (Lipinski definition) is 1. The van der Waals surface area contributed by atoms with E-state index in [9.17, 15) is 4.79 Å². The highest BCUT2D eigenvalue weighted by Crippen LogP contribution is 2.21. The van der Waals surface area contributed by atoms with Crippen LogP contribution in [-0.2, 0) is 0 Å². The first kappa shape index (κ1) is 17.2. The van der Waals surface area contributed by atoms with Crippen LogP contribution in [0.4, 0.5) is 11.5 Å². The largest absolute Gasteiger partial charge is 0.494 e. The molecule has 6 nitrogen and oxygen atoms in total. The monoisotopic (exact) mass is 340 g/mol. The van der Waals surface area contributed by atoms with Crippen molar-refractivity contribution in [3.63, 3.8) is 0 Å². The smallest absolute Gasteiger partial charge is 0.275 e. The van der Waals surface area contributed by atoms with E-state index in [0.717, 1.165) is 24.7 Å². The fourth-order valence-electron chi connectivity index (χ4n) is 3.00. The van der Waals surface area contributed by atoms with E-state index in [-0.39, 0.29) is 5.91 Å². The molecule has 1 aliphatic rings. The number of rotatable bonds is 5. The van der Waals surface area contributed by atoms with Crippen molar-refractivity contribution in [3.8, 4) is 5.75 Å². The molecular formula is C19H24N4O2. The third-order valence-corrected chi connectivity index (χ3v) is 4.28. The van der Waals surface area contributed by atoms with Crippen LogP contribution in [0.1, 0.15) is 37.2 Å². The Morgan fingerprint density at radius 1 is 1.28 bits per heavy atom. The van der Waals surface area contributed by atoms with E-state index < -0.39 is 0 Å². The SMILES string of the molecule is CCOc1ccc(NC(=O)c2cnc(N3CCCC(C)C3)cn2)cc1. The lowest BCUT2D eigenvalue weighted by Gasteiger charge is -2.31. The summed E-state index contributed by atoms with van der Waals surface area (Å²) in [6, 6.07) is 7.26. The number of carbonyl (C=O) groups is 1. The second-order valence-electron chi connectivity index (χ2n) is 6.36. The van der Waals surface area contributed by atoms with Gasteiger partial charge >= 0.3 is 0 Å². The molecule has 1 aromatic carbocycles. The summed E-state index contributed by atoms with van der Waals surface area (Å²) < 4.78 is 5.39. The molecule has 3 rings (SSSR count). The van der Waals surface area contributed by atoms with Crippen molar-refractivity contribution in [3.05, 3.63) is 42.4 Å². The molecular weight excluding hydrogens is 316 g/mol. The van der Waals surface area contributed by atoms with Gasteiger partial charge in [-0.3, -0.25) is 4.79 Å². The van der Waals surface area contributed by atoms with E-state index in [1.54, 1.807) is 24.5 Å². The zero-order valence-corrected chi connectivity index (χ0v) is 14.7. The van der Waals surface area contributed by atoms with Gasteiger partial charge in [-0.05, 0) is 49.9 Å². The highest BCUT2D eigenvalue weighted by molar-refractivity contribution is 6.02. The van der Waals surface area contributed by atoms with Gasteiger partial charge in [0.1, 0.15) is 17.3 Å². The van der Waals surface area contributed by atoms with Gasteiger partial charge in [0.2, 0.25) is 0 Å². The summed E-state index contributed by atoms with van der Waals surface area (Å²) >= 11 is 0. The average Bonchev–Trinajstić information content (AvgIpc) is 2.64. The minimum Gasteiger partial charge on any atom is -0.494 e. The minimum atomic E-state index is -0.268. The topological polar surface area (TPSA) is 67.3 Å². The maximum absolute atomic E-state index is 12.3. The first-order valence-corrected chi connectivity index (χ1v) is 8.77. The molecule has 6 heteroatoms. The number of piperidine rings is 1. The zero-order valence-electron chi connectivity index (χ0n) is 14.7. The molecule has 1 amide bonds. The molecule has 1 aliphatic heterocycles. The third-order valence-electron chi connectivity index (χ3n) is 4.28. The van der Waals surface area contributed by atoms with Crippen molar-refractivity contribution in [1.82, 2.24) is 9.97 Å². The molecule has 0 spiro atoms. The summed E-state index contributed by atoms with van der Waals surface area (Å²) in [6.45, 7) is 6.79. The van der Waals surface area contributed by atoms with Crippen molar-refractivity contribution >= 4 is 17.4 Å². The van der Waals surface area contributed by atoms with E-state index in [4.69, 9.17) is 4.74 Å². The molecule has 0 radical (unpaired) electrons. The Hall–Kier alpha value is -2.63. The van der Waals surface area contributed by atoms with Crippen LogP contribution < -0.4 is 15.0 Å². The number of nitrogens with one attached hydrogen (secondary N) is 1. The Balaban J connectivity index is 1.62. The number of anilines is 2. The predicted molar refractivity (Wildman–Crippen MR) is 98.2 cm³/mol. The van der Waals surface area contributed by atoms with Gasteiger partial charge in [0.25, 0.3) is 5.91 Å². The van der Waals surface area contributed by atoms with Gasteiger partial charge in [-0.15, -0.1) is 0 Å². The maximum Gasteiger partial charge on any atom is 0.275 e. The Bertz CT molecular complexity index is 700. The van der Waals surface area contributed by atoms with Crippen LogP contribution in [0, 0.1) is 5.92 Å². The third kappa shape index (κ3) is 4.47. The van der Waals surface area contributed by atoms with E-state index >= 15 is 0 Å². The molecule has 2 heterocycles. The molecule has 1 saturated heterocycles. The van der Waals surface area contributed by atoms with E-state index in [0.29, 0.717) is 23.9 Å². The van der Waals surface area contributed by atoms with Gasteiger partial charge in [-0.1, -0.05) is 6.92 Å². The molecule has 25 heavy (non-hydrogen) atoms. The van der Waals surface area contributed by atoms with Crippen molar-refractivity contribution in [1.29, 1.82) is 0 Å². The van der Waals surface area contributed by atoms with Crippen LogP contribution in [0.15, 0.2) is 36.7 Å². The molecule has 1 unspecified atom stereocenters. The number of ether oxygens (including phenoxy) is 1. The van der Waals surface area contributed by atoms with Crippen molar-refractivity contribution in [2.24, 2.45) is 5.92 Å². The number of carbonyl (C=O) groups excluding carboxylic acids is 1. The number of aromatic nitrogens is 2. The lowest BCUT2D eigenvalue weighted by molar-refractivity contribution is 0.102. The second-order valence-corrected chi connectivity index (χ2v) is 6.36. The fourth-order valence-corrected chi connectivity index (χ4v) is 3.00. The Morgan fingerprint density at radius 3 is 2.72 bits per heavy atom. The van der Waals surface area contributed by atoms with Crippen LogP contribution in [0.2, 0.25) is 0 Å². The van der Waals surface area contributed by atoms with Crippen LogP contribution >= 0.6 is 0 Å². The highest BCUT2D eigenvalue weighted by Gasteiger charge is 2.18. The molecule has 2 aromatic rings. The van der Waals surface area contributed by atoms with Crippen LogP contribution in [0.25, 0.3) is 0 Å². The maximum atomic E-state index is 12.3. The van der Waals surface area contributed by atoms with Crippen LogP contribution in [-0.4, -0.2) is 35.6 Å². The first-order valence-electron chi connectivity index (χ1n) is 8.77. The Kier molecular flexibility index (Phi) is 5.48. The fraction of sp³-hybridized carbons (Fsp3) is 0.421. The quantitative estimate of drug-likeness (QED) is 0.904. The summed E-state index contributed by atoms with van der Waals surface area (Å²) in [5, 5.41) is 2.82. The molecule has 1 N–H and O–H groups in total. The summed E-state index contributed by atoms with van der Waals surface area (Å²) in [6.07, 6.45) is 5.65. The number of amides is 1. The molecule has 1 atom stereocenters. The summed E-state index contributed by atoms with van der Waals surface area (Å²) in [7, 11) is 0. The van der Waals surface area contributed by atoms with Crippen LogP contribution in [0.5, 0.6) is 5.75 Å². The van der Waals surface area contributed by atoms with Crippen LogP contribution in [0.3, 0.4) is 0 Å². The summed E-state index contributed by atoms with van der Waals surface area (Å²) in [5.41, 5.74) is 1.01. The van der Waals surface area contributed by atoms with E-state index in [2.05, 4.69) is 27.1 Å². The second kappa shape index (κ2) is 7.96. The predicted octanol–water partition coefficient (Wildman–Crippen LogP) is 3.36. The normalized spacial score (nSPS) is 17.2. The van der Waals surface area contributed by atoms with Gasteiger partial charge in [0.05, 0.1) is 19.0 Å². The van der Waals surface area contributed by atoms with E-state index in [1.807, 2.05) is 19.1 Å².